The Bertz CT molecular complexity index is 1890. The summed E-state index contributed by atoms with van der Waals surface area (Å²) < 4.78 is 57.8. The maximum atomic E-state index is 14.1. The van der Waals surface area contributed by atoms with Gasteiger partial charge in [-0.2, -0.15) is 0 Å². The number of fused-ring (bicyclic) bond motifs is 1. The normalized spacial score (nSPS) is 12.1. The standard InChI is InChI=1S/C34H35FN3O7P/c1-5-44-46(40,45-6-2)33(36-25-14-18-27(41-3)19-15-25)23-11-20-30(31(21-23)42-4)43-22-32-37-29-10-8-7-9-28(29)34(39)38(32)26-16-12-24(35)13-17-26/h7-21,33,36H,5-6,22H2,1-4H3. The largest absolute Gasteiger partial charge is 0.497 e. The summed E-state index contributed by atoms with van der Waals surface area (Å²) >= 11 is 0. The number of nitrogens with one attached hydrogen (secondary N) is 1. The highest BCUT2D eigenvalue weighted by Crippen LogP contribution is 2.61. The van der Waals surface area contributed by atoms with Crippen LogP contribution in [0.1, 0.15) is 31.0 Å². The van der Waals surface area contributed by atoms with E-state index < -0.39 is 19.2 Å². The summed E-state index contributed by atoms with van der Waals surface area (Å²) in [5.74, 6) is 0.354. The van der Waals surface area contributed by atoms with Crippen molar-refractivity contribution < 1.29 is 32.2 Å². The Kier molecular flexibility index (Phi) is 10.4. The van der Waals surface area contributed by atoms with Crippen molar-refractivity contribution in [3.63, 3.8) is 0 Å². The Balaban J connectivity index is 1.51. The molecule has 1 aromatic heterocycles. The molecule has 1 atom stereocenters. The number of rotatable bonds is 14. The van der Waals surface area contributed by atoms with Gasteiger partial charge in [-0.3, -0.25) is 13.9 Å². The van der Waals surface area contributed by atoms with Gasteiger partial charge in [-0.05, 0) is 92.2 Å². The van der Waals surface area contributed by atoms with Crippen LogP contribution in [0.3, 0.4) is 0 Å². The molecule has 0 aliphatic rings. The molecule has 0 radical (unpaired) electrons. The Labute approximate surface area is 266 Å². The van der Waals surface area contributed by atoms with Crippen molar-refractivity contribution in [2.45, 2.75) is 26.2 Å². The first-order valence-corrected chi connectivity index (χ1v) is 16.3. The van der Waals surface area contributed by atoms with Gasteiger partial charge in [0, 0.05) is 5.69 Å². The first kappa shape index (κ1) is 32.7. The molecule has 46 heavy (non-hydrogen) atoms. The molecule has 4 aromatic carbocycles. The SMILES string of the molecule is CCOP(=O)(OCC)C(Nc1ccc(OC)cc1)c1ccc(OCc2nc3ccccc3c(=O)n2-c2ccc(F)cc2)c(OC)c1. The molecule has 0 aliphatic carbocycles. The minimum atomic E-state index is -3.73. The topological polar surface area (TPSA) is 110 Å². The molecule has 10 nitrogen and oxygen atoms in total. The fourth-order valence-corrected chi connectivity index (χ4v) is 6.91. The van der Waals surface area contributed by atoms with Crippen LogP contribution in [0.5, 0.6) is 17.2 Å². The highest BCUT2D eigenvalue weighted by atomic mass is 31.2. The van der Waals surface area contributed by atoms with Crippen LogP contribution in [0.15, 0.2) is 95.8 Å². The van der Waals surface area contributed by atoms with E-state index in [4.69, 9.17) is 28.2 Å². The van der Waals surface area contributed by atoms with Crippen LogP contribution in [0.4, 0.5) is 10.1 Å². The first-order chi connectivity index (χ1) is 22.3. The van der Waals surface area contributed by atoms with E-state index in [1.807, 2.05) is 0 Å². The van der Waals surface area contributed by atoms with E-state index in [0.717, 1.165) is 0 Å². The van der Waals surface area contributed by atoms with Crippen LogP contribution in [0.25, 0.3) is 16.6 Å². The van der Waals surface area contributed by atoms with Gasteiger partial charge in [0.05, 0.1) is 44.0 Å². The first-order valence-electron chi connectivity index (χ1n) is 14.7. The molecule has 0 saturated carbocycles. The molecule has 240 valence electrons. The van der Waals surface area contributed by atoms with Gasteiger partial charge in [-0.15, -0.1) is 0 Å². The van der Waals surface area contributed by atoms with Gasteiger partial charge in [-0.25, -0.2) is 9.37 Å². The van der Waals surface area contributed by atoms with Crippen LogP contribution in [-0.4, -0.2) is 37.0 Å². The third-order valence-electron chi connectivity index (χ3n) is 7.12. The zero-order chi connectivity index (χ0) is 32.7. The molecule has 0 bridgehead atoms. The Hall–Kier alpha value is -4.70. The average Bonchev–Trinajstić information content (AvgIpc) is 3.07. The second-order valence-corrected chi connectivity index (χ2v) is 12.1. The molecule has 12 heteroatoms. The van der Waals surface area contributed by atoms with Crippen molar-refractivity contribution in [1.29, 1.82) is 0 Å². The summed E-state index contributed by atoms with van der Waals surface area (Å²) in [6.45, 7) is 3.73. The molecule has 0 spiro atoms. The third kappa shape index (κ3) is 7.07. The summed E-state index contributed by atoms with van der Waals surface area (Å²) in [6.07, 6.45) is 0. The number of ether oxygens (including phenoxy) is 3. The van der Waals surface area contributed by atoms with E-state index in [0.29, 0.717) is 50.9 Å². The zero-order valence-electron chi connectivity index (χ0n) is 25.9. The fourth-order valence-electron chi connectivity index (χ4n) is 4.98. The molecule has 5 aromatic rings. The Morgan fingerprint density at radius 3 is 2.22 bits per heavy atom. The number of methoxy groups -OCH3 is 2. The van der Waals surface area contributed by atoms with Crippen molar-refractivity contribution >= 4 is 24.2 Å². The number of anilines is 1. The summed E-state index contributed by atoms with van der Waals surface area (Å²) in [5, 5.41) is 3.72. The molecule has 1 unspecified atom stereocenters. The predicted molar refractivity (Wildman–Crippen MR) is 175 cm³/mol. The maximum Gasteiger partial charge on any atom is 0.357 e. The number of hydrogen-bond acceptors (Lipinski definition) is 9. The van der Waals surface area contributed by atoms with E-state index in [9.17, 15) is 13.8 Å². The number of para-hydroxylation sites is 1. The van der Waals surface area contributed by atoms with E-state index in [1.54, 1.807) is 87.7 Å². The predicted octanol–water partition coefficient (Wildman–Crippen LogP) is 7.50. The van der Waals surface area contributed by atoms with Crippen LogP contribution >= 0.6 is 7.60 Å². The van der Waals surface area contributed by atoms with E-state index >= 15 is 0 Å². The van der Waals surface area contributed by atoms with Gasteiger partial charge in [0.25, 0.3) is 5.56 Å². The quantitative estimate of drug-likeness (QED) is 0.123. The molecular weight excluding hydrogens is 612 g/mol. The van der Waals surface area contributed by atoms with Crippen LogP contribution < -0.4 is 25.1 Å². The summed E-state index contributed by atoms with van der Waals surface area (Å²) in [6, 6.07) is 24.9. The molecule has 0 amide bonds. The summed E-state index contributed by atoms with van der Waals surface area (Å²) in [4.78, 5) is 18.3. The lowest BCUT2D eigenvalue weighted by Crippen LogP contribution is -2.25. The van der Waals surface area contributed by atoms with Crippen molar-refractivity contribution in [2.24, 2.45) is 0 Å². The molecule has 5 rings (SSSR count). The average molecular weight is 648 g/mol. The van der Waals surface area contributed by atoms with Gasteiger partial charge in [0.2, 0.25) is 0 Å². The van der Waals surface area contributed by atoms with Crippen LogP contribution in [0, 0.1) is 5.82 Å². The highest BCUT2D eigenvalue weighted by molar-refractivity contribution is 7.54. The van der Waals surface area contributed by atoms with Gasteiger partial charge >= 0.3 is 7.60 Å². The highest BCUT2D eigenvalue weighted by Gasteiger charge is 2.37. The summed E-state index contributed by atoms with van der Waals surface area (Å²) in [5.41, 5.74) is 1.87. The van der Waals surface area contributed by atoms with E-state index in [2.05, 4.69) is 5.32 Å². The molecule has 1 N–H and O–H groups in total. The van der Waals surface area contributed by atoms with Crippen molar-refractivity contribution in [1.82, 2.24) is 9.55 Å². The van der Waals surface area contributed by atoms with Gasteiger partial charge < -0.3 is 28.6 Å². The number of hydrogen-bond donors (Lipinski definition) is 1. The Morgan fingerprint density at radius 2 is 1.57 bits per heavy atom. The van der Waals surface area contributed by atoms with Crippen molar-refractivity contribution in [3.8, 4) is 22.9 Å². The lowest BCUT2D eigenvalue weighted by molar-refractivity contribution is 0.214. The monoisotopic (exact) mass is 647 g/mol. The van der Waals surface area contributed by atoms with E-state index in [-0.39, 0.29) is 25.4 Å². The molecule has 0 aliphatic heterocycles. The van der Waals surface area contributed by atoms with Crippen LogP contribution in [0.2, 0.25) is 0 Å². The number of nitrogens with zero attached hydrogens (tertiary/aromatic N) is 2. The van der Waals surface area contributed by atoms with E-state index in [1.165, 1.54) is 35.9 Å². The summed E-state index contributed by atoms with van der Waals surface area (Å²) in [7, 11) is -0.659. The lowest BCUT2D eigenvalue weighted by Gasteiger charge is -2.28. The minimum absolute atomic E-state index is 0.114. The van der Waals surface area contributed by atoms with Crippen molar-refractivity contribution in [3.05, 3.63) is 119 Å². The molecular formula is C34H35FN3O7P. The van der Waals surface area contributed by atoms with Gasteiger partial charge in [0.1, 0.15) is 18.2 Å². The second kappa shape index (κ2) is 14.6. The second-order valence-electron chi connectivity index (χ2n) is 10.0. The van der Waals surface area contributed by atoms with Gasteiger partial charge in [-0.1, -0.05) is 18.2 Å². The number of aromatic nitrogens is 2. The minimum Gasteiger partial charge on any atom is -0.497 e. The third-order valence-corrected chi connectivity index (χ3v) is 9.41. The molecule has 0 fully saturated rings. The van der Waals surface area contributed by atoms with Crippen LogP contribution in [-0.2, 0) is 20.2 Å². The number of halogens is 1. The molecule has 0 saturated heterocycles. The van der Waals surface area contributed by atoms with Crippen molar-refractivity contribution in [2.75, 3.05) is 32.8 Å². The number of benzene rings is 4. The maximum absolute atomic E-state index is 14.1. The molecule has 1 heterocycles. The Morgan fingerprint density at radius 1 is 0.870 bits per heavy atom. The fraction of sp³-hybridized carbons (Fsp3) is 0.235. The lowest BCUT2D eigenvalue weighted by atomic mass is 10.2. The van der Waals surface area contributed by atoms with Gasteiger partial charge in [0.15, 0.2) is 23.1 Å². The zero-order valence-corrected chi connectivity index (χ0v) is 26.8. The smallest absolute Gasteiger partial charge is 0.357 e.